The molecule has 0 amide bonds. The maximum atomic E-state index is 9.55. The van der Waals surface area contributed by atoms with Crippen molar-refractivity contribution in [3.63, 3.8) is 0 Å². The number of carbonyl (C=O) groups is 2. The SMILES string of the molecule is O=C(O)/C=C/C(=O)O.[2H]C([2H])(c1c[nH]c2ccccc12)C([2H])([2H])N(C)C. The predicted octanol–water partition coefficient (Wildman–Crippen LogP) is 1.98. The van der Waals surface area contributed by atoms with E-state index in [2.05, 4.69) is 4.98 Å². The Labute approximate surface area is 134 Å². The third-order valence-corrected chi connectivity index (χ3v) is 2.37. The van der Waals surface area contributed by atoms with Crippen LogP contribution in [0.15, 0.2) is 42.6 Å². The maximum Gasteiger partial charge on any atom is 0.328 e. The third-order valence-electron chi connectivity index (χ3n) is 2.37. The van der Waals surface area contributed by atoms with E-state index in [4.69, 9.17) is 15.7 Å². The van der Waals surface area contributed by atoms with Gasteiger partial charge in [-0.15, -0.1) is 0 Å². The van der Waals surface area contributed by atoms with Gasteiger partial charge in [0, 0.05) is 41.2 Å². The van der Waals surface area contributed by atoms with Crippen molar-refractivity contribution in [1.29, 1.82) is 0 Å². The first-order chi connectivity index (χ1) is 11.9. The zero-order valence-corrected chi connectivity index (χ0v) is 12.2. The molecule has 1 aromatic carbocycles. The zero-order valence-electron chi connectivity index (χ0n) is 16.2. The average molecular weight is 308 g/mol. The molecule has 3 N–H and O–H groups in total. The number of H-pyrrole nitrogens is 1. The Morgan fingerprint density at radius 2 is 1.82 bits per heavy atom. The highest BCUT2D eigenvalue weighted by molar-refractivity contribution is 5.89. The fourth-order valence-corrected chi connectivity index (χ4v) is 1.49. The van der Waals surface area contributed by atoms with Crippen LogP contribution in [0.1, 0.15) is 11.0 Å². The molecule has 0 spiro atoms. The van der Waals surface area contributed by atoms with Gasteiger partial charge >= 0.3 is 11.9 Å². The van der Waals surface area contributed by atoms with E-state index in [9.17, 15) is 9.59 Å². The van der Waals surface area contributed by atoms with E-state index in [-0.39, 0.29) is 0 Å². The molecule has 0 saturated heterocycles. The summed E-state index contributed by atoms with van der Waals surface area (Å²) in [6, 6.07) is 7.32. The molecule has 0 bridgehead atoms. The molecule has 22 heavy (non-hydrogen) atoms. The summed E-state index contributed by atoms with van der Waals surface area (Å²) < 4.78 is 32.1. The topological polar surface area (TPSA) is 93.6 Å². The molecule has 0 atom stereocenters. The van der Waals surface area contributed by atoms with Crippen LogP contribution >= 0.6 is 0 Å². The van der Waals surface area contributed by atoms with Gasteiger partial charge in [-0.1, -0.05) is 18.2 Å². The van der Waals surface area contributed by atoms with E-state index in [1.165, 1.54) is 19.0 Å². The second-order valence-corrected chi connectivity index (χ2v) is 4.39. The van der Waals surface area contributed by atoms with Crippen LogP contribution < -0.4 is 0 Å². The second kappa shape index (κ2) is 8.63. The van der Waals surface area contributed by atoms with Crippen molar-refractivity contribution in [3.05, 3.63) is 48.2 Å². The number of rotatable bonds is 5. The number of aryl methyl sites for hydroxylation is 1. The monoisotopic (exact) mass is 308 g/mol. The van der Waals surface area contributed by atoms with Gasteiger partial charge < -0.3 is 20.1 Å². The van der Waals surface area contributed by atoms with E-state index in [0.717, 1.165) is 5.52 Å². The molecule has 1 aromatic heterocycles. The summed E-state index contributed by atoms with van der Waals surface area (Å²) in [6.45, 7) is -2.09. The van der Waals surface area contributed by atoms with E-state index in [1.807, 2.05) is 18.2 Å². The van der Waals surface area contributed by atoms with Crippen LogP contribution in [-0.4, -0.2) is 52.6 Å². The number of aromatic amines is 1. The molecular weight excluding hydrogens is 284 g/mol. The summed E-state index contributed by atoms with van der Waals surface area (Å²) in [7, 11) is 3.07. The van der Waals surface area contributed by atoms with Gasteiger partial charge in [0.1, 0.15) is 0 Å². The first kappa shape index (κ1) is 12.0. The van der Waals surface area contributed by atoms with Crippen molar-refractivity contribution in [2.45, 2.75) is 6.37 Å². The van der Waals surface area contributed by atoms with Gasteiger partial charge in [0.15, 0.2) is 0 Å². The van der Waals surface area contributed by atoms with Crippen LogP contribution in [0.3, 0.4) is 0 Å². The minimum Gasteiger partial charge on any atom is -0.478 e. The molecule has 1 heterocycles. The summed E-state index contributed by atoms with van der Waals surface area (Å²) in [5.74, 6) is -2.51. The van der Waals surface area contributed by atoms with Gasteiger partial charge in [0.05, 0.1) is 0 Å². The van der Waals surface area contributed by atoms with E-state index < -0.39 is 24.8 Å². The lowest BCUT2D eigenvalue weighted by molar-refractivity contribution is -0.134. The number of benzene rings is 1. The smallest absolute Gasteiger partial charge is 0.328 e. The number of carboxylic acids is 2. The van der Waals surface area contributed by atoms with Gasteiger partial charge in [-0.3, -0.25) is 0 Å². The van der Waals surface area contributed by atoms with Crippen molar-refractivity contribution in [2.24, 2.45) is 0 Å². The summed E-state index contributed by atoms with van der Waals surface area (Å²) in [4.78, 5) is 23.3. The molecule has 0 aliphatic rings. The first-order valence-corrected chi connectivity index (χ1v) is 6.29. The summed E-state index contributed by atoms with van der Waals surface area (Å²) in [5, 5.41) is 16.3. The normalized spacial score (nSPS) is 14.7. The van der Waals surface area contributed by atoms with Crippen LogP contribution in [0.4, 0.5) is 0 Å². The number of para-hydroxylation sites is 1. The van der Waals surface area contributed by atoms with Crippen LogP contribution in [0.25, 0.3) is 10.9 Å². The number of carboxylic acid groups (broad SMARTS) is 2. The Hall–Kier alpha value is -2.60. The lowest BCUT2D eigenvalue weighted by Crippen LogP contribution is -2.14. The molecular formula is C16H20N2O4. The number of aromatic nitrogens is 1. The highest BCUT2D eigenvalue weighted by atomic mass is 16.4. The largest absolute Gasteiger partial charge is 0.478 e. The van der Waals surface area contributed by atoms with Crippen molar-refractivity contribution in [2.75, 3.05) is 20.6 Å². The molecule has 2 rings (SSSR count). The fraction of sp³-hybridized carbons (Fsp3) is 0.250. The molecule has 0 saturated carbocycles. The standard InChI is InChI=1S/C12H16N2.C4H4O4/c1-14(2)8-7-10-9-13-12-6-4-3-5-11(10)12;5-3(6)1-2-4(7)8/h3-6,9,13H,7-8H2,1-2H3;1-2H,(H,5,6)(H,7,8)/b;2-1+/i7D2,8D2;. The maximum absolute atomic E-state index is 9.55. The number of fused-ring (bicyclic) bond motifs is 1. The summed E-state index contributed by atoms with van der Waals surface area (Å²) in [6.07, 6.45) is 0.562. The van der Waals surface area contributed by atoms with E-state index in [1.54, 1.807) is 12.3 Å². The second-order valence-electron chi connectivity index (χ2n) is 4.39. The van der Waals surface area contributed by atoms with Crippen LogP contribution in [0.2, 0.25) is 0 Å². The van der Waals surface area contributed by atoms with Gasteiger partial charge in [0.25, 0.3) is 0 Å². The number of hydrogen-bond donors (Lipinski definition) is 3. The Kier molecular flexibility index (Phi) is 4.71. The van der Waals surface area contributed by atoms with Crippen molar-refractivity contribution < 1.29 is 25.3 Å². The molecule has 2 aromatic rings. The van der Waals surface area contributed by atoms with Crippen molar-refractivity contribution >= 4 is 22.8 Å². The summed E-state index contributed by atoms with van der Waals surface area (Å²) >= 11 is 0. The van der Waals surface area contributed by atoms with Crippen molar-refractivity contribution in [3.8, 4) is 0 Å². The minimum absolute atomic E-state index is 0.344. The quantitative estimate of drug-likeness (QED) is 0.734. The van der Waals surface area contributed by atoms with Crippen LogP contribution in [-0.2, 0) is 16.0 Å². The average Bonchev–Trinajstić information content (AvgIpc) is 2.98. The first-order valence-electron chi connectivity index (χ1n) is 8.29. The molecule has 0 fully saturated rings. The molecule has 6 nitrogen and oxygen atoms in total. The minimum atomic E-state index is -2.10. The number of aliphatic carboxylic acids is 2. The Balaban J connectivity index is 0.000000359. The Morgan fingerprint density at radius 1 is 1.23 bits per heavy atom. The number of hydrogen-bond acceptors (Lipinski definition) is 3. The molecule has 0 aliphatic heterocycles. The van der Waals surface area contributed by atoms with E-state index >= 15 is 0 Å². The number of nitrogens with one attached hydrogen (secondary N) is 1. The number of nitrogens with zero attached hydrogens (tertiary/aromatic N) is 1. The predicted molar refractivity (Wildman–Crippen MR) is 85.0 cm³/mol. The molecule has 0 aliphatic carbocycles. The van der Waals surface area contributed by atoms with Crippen molar-refractivity contribution in [1.82, 2.24) is 9.88 Å². The third kappa shape index (κ3) is 6.23. The number of likely N-dealkylation sites (N-methyl/N-ethyl adjacent to an activating group) is 1. The molecule has 6 heteroatoms. The Bertz CT molecular complexity index is 799. The summed E-state index contributed by atoms with van der Waals surface area (Å²) in [5.41, 5.74) is 1.16. The highest BCUT2D eigenvalue weighted by Crippen LogP contribution is 2.17. The highest BCUT2D eigenvalue weighted by Gasteiger charge is 2.02. The molecule has 0 unspecified atom stereocenters. The van der Waals surface area contributed by atoms with Gasteiger partial charge in [0.2, 0.25) is 0 Å². The van der Waals surface area contributed by atoms with Gasteiger partial charge in [-0.05, 0) is 32.1 Å². The fourth-order valence-electron chi connectivity index (χ4n) is 1.49. The molecule has 118 valence electrons. The van der Waals surface area contributed by atoms with Gasteiger partial charge in [-0.25, -0.2) is 9.59 Å². The zero-order chi connectivity index (χ0) is 20.1. The Morgan fingerprint density at radius 3 is 2.36 bits per heavy atom. The van der Waals surface area contributed by atoms with Gasteiger partial charge in [-0.2, -0.15) is 0 Å². The lowest BCUT2D eigenvalue weighted by atomic mass is 10.1. The van der Waals surface area contributed by atoms with Crippen LogP contribution in [0, 0.1) is 0 Å². The van der Waals surface area contributed by atoms with Crippen LogP contribution in [0.5, 0.6) is 0 Å². The molecule has 0 radical (unpaired) electrons. The lowest BCUT2D eigenvalue weighted by Gasteiger charge is -2.07. The van der Waals surface area contributed by atoms with E-state index in [0.29, 0.717) is 23.1 Å².